The fraction of sp³-hybridized carbons (Fsp3) is 0.250. The van der Waals surface area contributed by atoms with Crippen molar-refractivity contribution in [1.82, 2.24) is 25.1 Å². The molecule has 156 valence electrons. The van der Waals surface area contributed by atoms with E-state index in [0.29, 0.717) is 11.4 Å². The molecule has 2 N–H and O–H groups in total. The molecule has 7 nitrogen and oxygen atoms in total. The number of pyridine rings is 2. The molecule has 1 fully saturated rings. The number of rotatable bonds is 5. The Bertz CT molecular complexity index is 1220. The minimum absolute atomic E-state index is 0.269. The normalized spacial score (nSPS) is 14.2. The zero-order valence-corrected chi connectivity index (χ0v) is 17.4. The molecule has 1 amide bonds. The first kappa shape index (κ1) is 19.4. The first-order valence-corrected chi connectivity index (χ1v) is 10.5. The number of H-pyrrole nitrogens is 1. The van der Waals surface area contributed by atoms with E-state index in [1.165, 1.54) is 18.4 Å². The molecule has 0 unspecified atom stereocenters. The molecule has 0 saturated carbocycles. The van der Waals surface area contributed by atoms with Gasteiger partial charge in [-0.3, -0.25) is 24.8 Å². The molecule has 5 rings (SSSR count). The van der Waals surface area contributed by atoms with Gasteiger partial charge >= 0.3 is 0 Å². The van der Waals surface area contributed by atoms with Crippen LogP contribution >= 0.6 is 0 Å². The molecule has 1 saturated heterocycles. The third-order valence-electron chi connectivity index (χ3n) is 5.68. The predicted molar refractivity (Wildman–Crippen MR) is 121 cm³/mol. The molecule has 7 heteroatoms. The summed E-state index contributed by atoms with van der Waals surface area (Å²) < 4.78 is 0. The summed E-state index contributed by atoms with van der Waals surface area (Å²) in [4.78, 5) is 24.0. The summed E-state index contributed by atoms with van der Waals surface area (Å²) in [6.45, 7) is 5.14. The molecular weight excluding hydrogens is 388 g/mol. The van der Waals surface area contributed by atoms with Gasteiger partial charge in [-0.15, -0.1) is 0 Å². The van der Waals surface area contributed by atoms with Gasteiger partial charge in [-0.2, -0.15) is 5.10 Å². The van der Waals surface area contributed by atoms with Crippen molar-refractivity contribution in [3.8, 4) is 11.1 Å². The molecule has 31 heavy (non-hydrogen) atoms. The average molecular weight is 412 g/mol. The average Bonchev–Trinajstić information content (AvgIpc) is 3.45. The number of carbonyl (C=O) groups is 1. The third kappa shape index (κ3) is 4.18. The number of hydrogen-bond acceptors (Lipinski definition) is 5. The first-order chi connectivity index (χ1) is 15.2. The lowest BCUT2D eigenvalue weighted by molar-refractivity contribution is 0.102. The van der Waals surface area contributed by atoms with E-state index < -0.39 is 0 Å². The summed E-state index contributed by atoms with van der Waals surface area (Å²) in [5, 5.41) is 10.9. The fourth-order valence-electron chi connectivity index (χ4n) is 4.03. The number of anilines is 1. The molecule has 0 bridgehead atoms. The Morgan fingerprint density at radius 3 is 2.74 bits per heavy atom. The van der Waals surface area contributed by atoms with Gasteiger partial charge in [0.1, 0.15) is 0 Å². The highest BCUT2D eigenvalue weighted by Gasteiger charge is 2.16. The molecule has 4 heterocycles. The highest BCUT2D eigenvalue weighted by molar-refractivity contribution is 6.11. The van der Waals surface area contributed by atoms with E-state index >= 15 is 0 Å². The van der Waals surface area contributed by atoms with Crippen LogP contribution in [0.2, 0.25) is 0 Å². The van der Waals surface area contributed by atoms with Crippen molar-refractivity contribution in [2.75, 3.05) is 18.4 Å². The number of likely N-dealkylation sites (tertiary alicyclic amines) is 1. The number of benzene rings is 1. The molecule has 4 aromatic rings. The van der Waals surface area contributed by atoms with Crippen molar-refractivity contribution in [1.29, 1.82) is 0 Å². The number of fused-ring (bicyclic) bond motifs is 1. The van der Waals surface area contributed by atoms with Crippen LogP contribution in [0.15, 0.2) is 55.0 Å². The van der Waals surface area contributed by atoms with Crippen LogP contribution in [0.25, 0.3) is 22.0 Å². The number of amides is 1. The van der Waals surface area contributed by atoms with Crippen LogP contribution in [0.1, 0.15) is 34.6 Å². The number of aryl methyl sites for hydroxylation is 1. The number of hydrogen-bond donors (Lipinski definition) is 2. The summed E-state index contributed by atoms with van der Waals surface area (Å²) >= 11 is 0. The molecule has 0 spiro atoms. The van der Waals surface area contributed by atoms with E-state index in [1.807, 2.05) is 49.6 Å². The van der Waals surface area contributed by atoms with E-state index in [4.69, 9.17) is 0 Å². The molecular formula is C24H24N6O. The van der Waals surface area contributed by atoms with Gasteiger partial charge in [0.2, 0.25) is 0 Å². The van der Waals surface area contributed by atoms with E-state index in [1.54, 1.807) is 6.20 Å². The van der Waals surface area contributed by atoms with Gasteiger partial charge in [0.15, 0.2) is 5.69 Å². The van der Waals surface area contributed by atoms with Crippen molar-refractivity contribution < 1.29 is 4.79 Å². The van der Waals surface area contributed by atoms with Crippen molar-refractivity contribution in [2.45, 2.75) is 26.3 Å². The van der Waals surface area contributed by atoms with E-state index in [-0.39, 0.29) is 5.91 Å². The van der Waals surface area contributed by atoms with Crippen molar-refractivity contribution in [3.05, 3.63) is 71.9 Å². The Kier molecular flexibility index (Phi) is 5.18. The van der Waals surface area contributed by atoms with Crippen molar-refractivity contribution >= 4 is 22.5 Å². The molecule has 0 atom stereocenters. The molecule has 1 aliphatic heterocycles. The van der Waals surface area contributed by atoms with Crippen molar-refractivity contribution in [3.63, 3.8) is 0 Å². The monoisotopic (exact) mass is 412 g/mol. The van der Waals surface area contributed by atoms with Gasteiger partial charge in [0.25, 0.3) is 5.91 Å². The Hall–Kier alpha value is -3.58. The Balaban J connectivity index is 1.42. The van der Waals surface area contributed by atoms with Gasteiger partial charge in [-0.1, -0.05) is 6.07 Å². The Labute approximate surface area is 180 Å². The van der Waals surface area contributed by atoms with Crippen LogP contribution in [0.5, 0.6) is 0 Å². The number of nitrogens with one attached hydrogen (secondary N) is 2. The van der Waals surface area contributed by atoms with Gasteiger partial charge in [0.05, 0.1) is 17.4 Å². The van der Waals surface area contributed by atoms with Crippen LogP contribution in [0.3, 0.4) is 0 Å². The molecule has 0 radical (unpaired) electrons. The summed E-state index contributed by atoms with van der Waals surface area (Å²) in [7, 11) is 0. The number of aromatic amines is 1. The quantitative estimate of drug-likeness (QED) is 0.514. The van der Waals surface area contributed by atoms with Crippen LogP contribution in [-0.4, -0.2) is 44.1 Å². The maximum Gasteiger partial charge on any atom is 0.276 e. The maximum atomic E-state index is 12.8. The zero-order valence-electron chi connectivity index (χ0n) is 17.4. The lowest BCUT2D eigenvalue weighted by Crippen LogP contribution is -2.18. The number of aromatic nitrogens is 4. The lowest BCUT2D eigenvalue weighted by atomic mass is 10.0. The maximum absolute atomic E-state index is 12.8. The topological polar surface area (TPSA) is 86.8 Å². The van der Waals surface area contributed by atoms with E-state index in [9.17, 15) is 4.79 Å². The summed E-state index contributed by atoms with van der Waals surface area (Å²) in [6, 6.07) is 11.9. The second kappa shape index (κ2) is 8.28. The second-order valence-electron chi connectivity index (χ2n) is 8.04. The minimum Gasteiger partial charge on any atom is -0.319 e. The van der Waals surface area contributed by atoms with Crippen LogP contribution < -0.4 is 5.32 Å². The lowest BCUT2D eigenvalue weighted by Gasteiger charge is -2.14. The SMILES string of the molecule is Cc1ccc(NC(=O)c2n[nH]c3ccc(-c4cncc(CN5CCCC5)c4)cc23)cn1. The largest absolute Gasteiger partial charge is 0.319 e. The third-order valence-corrected chi connectivity index (χ3v) is 5.68. The molecule has 1 aliphatic rings. The molecule has 1 aromatic carbocycles. The fourth-order valence-corrected chi connectivity index (χ4v) is 4.03. The summed E-state index contributed by atoms with van der Waals surface area (Å²) in [5.41, 5.74) is 5.96. The summed E-state index contributed by atoms with van der Waals surface area (Å²) in [6.07, 6.45) is 7.99. The number of carbonyl (C=O) groups excluding carboxylic acids is 1. The second-order valence-corrected chi connectivity index (χ2v) is 8.04. The minimum atomic E-state index is -0.269. The Morgan fingerprint density at radius 1 is 1.06 bits per heavy atom. The molecule has 0 aliphatic carbocycles. The molecule has 3 aromatic heterocycles. The van der Waals surface area contributed by atoms with Crippen LogP contribution in [-0.2, 0) is 6.54 Å². The van der Waals surface area contributed by atoms with Gasteiger partial charge in [-0.05, 0) is 74.3 Å². The highest BCUT2D eigenvalue weighted by Crippen LogP contribution is 2.26. The number of nitrogens with zero attached hydrogens (tertiary/aromatic N) is 4. The van der Waals surface area contributed by atoms with E-state index in [0.717, 1.165) is 47.4 Å². The van der Waals surface area contributed by atoms with E-state index in [2.05, 4.69) is 36.4 Å². The van der Waals surface area contributed by atoms with Gasteiger partial charge in [0, 0.05) is 35.6 Å². The van der Waals surface area contributed by atoms with Crippen molar-refractivity contribution in [2.24, 2.45) is 0 Å². The van der Waals surface area contributed by atoms with Crippen LogP contribution in [0, 0.1) is 6.92 Å². The van der Waals surface area contributed by atoms with Gasteiger partial charge in [-0.25, -0.2) is 0 Å². The first-order valence-electron chi connectivity index (χ1n) is 10.5. The predicted octanol–water partition coefficient (Wildman–Crippen LogP) is 4.18. The zero-order chi connectivity index (χ0) is 21.2. The highest BCUT2D eigenvalue weighted by atomic mass is 16.1. The van der Waals surface area contributed by atoms with Gasteiger partial charge < -0.3 is 5.32 Å². The Morgan fingerprint density at radius 2 is 1.94 bits per heavy atom. The standard InChI is InChI=1S/C24H24N6O/c1-16-4-6-20(14-26-16)27-24(31)23-21-11-18(5-7-22(21)28-29-23)19-10-17(12-25-13-19)15-30-8-2-3-9-30/h4-7,10-14H,2-3,8-9,15H2,1H3,(H,27,31)(H,28,29). The smallest absolute Gasteiger partial charge is 0.276 e. The van der Waals surface area contributed by atoms with Crippen LogP contribution in [0.4, 0.5) is 5.69 Å². The summed E-state index contributed by atoms with van der Waals surface area (Å²) in [5.74, 6) is -0.269.